The van der Waals surface area contributed by atoms with Crippen LogP contribution in [0.1, 0.15) is 96.9 Å². The van der Waals surface area contributed by atoms with Crippen LogP contribution in [0, 0.1) is 16.7 Å². The summed E-state index contributed by atoms with van der Waals surface area (Å²) >= 11 is 0. The third kappa shape index (κ3) is 8.92. The highest BCUT2D eigenvalue weighted by atomic mass is 16.5. The zero-order valence-electron chi connectivity index (χ0n) is 40.0. The quantitative estimate of drug-likeness (QED) is 0.133. The van der Waals surface area contributed by atoms with Crippen LogP contribution in [-0.4, -0.2) is 123 Å². The molecule has 67 heavy (non-hydrogen) atoms. The van der Waals surface area contributed by atoms with E-state index >= 15 is 0 Å². The minimum absolute atomic E-state index is 0.0121. The second kappa shape index (κ2) is 18.0. The summed E-state index contributed by atoms with van der Waals surface area (Å²) in [6.07, 6.45) is 4.50. The van der Waals surface area contributed by atoms with Crippen LogP contribution < -0.4 is 16.1 Å². The Morgan fingerprint density at radius 1 is 1.00 bits per heavy atom. The molecule has 4 fully saturated rings. The first-order valence-corrected chi connectivity index (χ1v) is 24.3. The van der Waals surface area contributed by atoms with Gasteiger partial charge >= 0.3 is 5.97 Å². The van der Waals surface area contributed by atoms with Gasteiger partial charge in [0.05, 0.1) is 29.5 Å². The number of hydrogen-bond acceptors (Lipinski definition) is 10. The van der Waals surface area contributed by atoms with Gasteiger partial charge in [0.2, 0.25) is 17.7 Å². The molecule has 356 valence electrons. The fourth-order valence-corrected chi connectivity index (χ4v) is 11.2. The number of hydrogen-bond donors (Lipinski definition) is 4. The molecule has 0 unspecified atom stereocenters. The van der Waals surface area contributed by atoms with Crippen molar-refractivity contribution in [1.82, 2.24) is 40.4 Å². The van der Waals surface area contributed by atoms with Gasteiger partial charge in [0.15, 0.2) is 0 Å². The predicted molar refractivity (Wildman–Crippen MR) is 254 cm³/mol. The molecule has 5 aliphatic rings. The monoisotopic (exact) mass is 915 g/mol. The van der Waals surface area contributed by atoms with E-state index in [1.165, 1.54) is 5.01 Å². The smallest absolute Gasteiger partial charge is 0.324 e. The number of amides is 4. The Morgan fingerprint density at radius 2 is 1.78 bits per heavy atom. The van der Waals surface area contributed by atoms with Gasteiger partial charge < -0.3 is 34.8 Å². The number of benzene rings is 2. The largest absolute Gasteiger partial charge is 0.508 e. The summed E-state index contributed by atoms with van der Waals surface area (Å²) < 4.78 is 8.47. The van der Waals surface area contributed by atoms with Gasteiger partial charge in [0.25, 0.3) is 5.91 Å². The molecular weight excluding hydrogens is 849 g/mol. The predicted octanol–water partition coefficient (Wildman–Crippen LogP) is 5.32. The number of aromatic nitrogens is 2. The molecular formula is C52H66N8O7. The summed E-state index contributed by atoms with van der Waals surface area (Å²) in [6, 6.07) is 12.7. The van der Waals surface area contributed by atoms with Crippen LogP contribution in [0.25, 0.3) is 33.3 Å². The molecule has 4 saturated heterocycles. The van der Waals surface area contributed by atoms with Crippen molar-refractivity contribution >= 4 is 40.5 Å². The molecule has 9 rings (SSSR count). The minimum atomic E-state index is -1.13. The molecule has 0 aliphatic carbocycles. The van der Waals surface area contributed by atoms with E-state index in [9.17, 15) is 29.1 Å². The SMILES string of the molecule is CCn1c(-c2cccnc2C(C)C)c2c3cc(ccc31)-c1cc(O)cc(c1)C[C@H](NC(=O)[C@H](C(C)C)N1CC[C@@]3(CCN(C(=O)[C@H]4CN4)C3)C1=O)C(=O)N1CCC[C@H](N1)C(=O)OCC(C)(C)C2. The first-order valence-electron chi connectivity index (χ1n) is 24.3. The topological polar surface area (TPSA) is 188 Å². The van der Waals surface area contributed by atoms with Crippen LogP contribution in [-0.2, 0) is 48.1 Å². The molecule has 15 heteroatoms. The van der Waals surface area contributed by atoms with Crippen molar-refractivity contribution in [3.8, 4) is 28.1 Å². The van der Waals surface area contributed by atoms with E-state index in [1.54, 1.807) is 21.9 Å². The third-order valence-electron chi connectivity index (χ3n) is 14.6. The zero-order valence-corrected chi connectivity index (χ0v) is 40.0. The lowest BCUT2D eigenvalue weighted by atomic mass is 9.83. The van der Waals surface area contributed by atoms with E-state index in [-0.39, 0.29) is 48.5 Å². The maximum Gasteiger partial charge on any atom is 0.324 e. The molecule has 4 aromatic rings. The molecule has 1 spiro atoms. The average Bonchev–Trinajstić information content (AvgIpc) is 3.90. The van der Waals surface area contributed by atoms with E-state index in [2.05, 4.69) is 79.5 Å². The van der Waals surface area contributed by atoms with Crippen molar-refractivity contribution < 1.29 is 33.8 Å². The highest BCUT2D eigenvalue weighted by Crippen LogP contribution is 2.44. The van der Waals surface area contributed by atoms with Crippen molar-refractivity contribution in [2.75, 3.05) is 39.3 Å². The third-order valence-corrected chi connectivity index (χ3v) is 14.6. The summed E-state index contributed by atoms with van der Waals surface area (Å²) in [5.41, 5.74) is 9.42. The number of carbonyl (C=O) groups is 5. The second-order valence-electron chi connectivity index (χ2n) is 21.0. The van der Waals surface area contributed by atoms with Crippen LogP contribution in [0.5, 0.6) is 5.75 Å². The van der Waals surface area contributed by atoms with Gasteiger partial charge in [0, 0.05) is 73.8 Å². The molecule has 2 aromatic carbocycles. The van der Waals surface area contributed by atoms with Gasteiger partial charge in [0.1, 0.15) is 23.9 Å². The van der Waals surface area contributed by atoms with Crippen LogP contribution in [0.2, 0.25) is 0 Å². The van der Waals surface area contributed by atoms with Crippen LogP contribution in [0.3, 0.4) is 0 Å². The number of pyridine rings is 1. The van der Waals surface area contributed by atoms with Gasteiger partial charge in [-0.15, -0.1) is 0 Å². The van der Waals surface area contributed by atoms with Crippen molar-refractivity contribution in [3.05, 3.63) is 71.5 Å². The van der Waals surface area contributed by atoms with E-state index in [4.69, 9.17) is 9.72 Å². The number of carbonyl (C=O) groups excluding carboxylic acids is 5. The highest BCUT2D eigenvalue weighted by Gasteiger charge is 2.55. The number of ether oxygens (including phenoxy) is 1. The van der Waals surface area contributed by atoms with Crippen molar-refractivity contribution in [1.29, 1.82) is 0 Å². The minimum Gasteiger partial charge on any atom is -0.508 e. The molecule has 2 aromatic heterocycles. The van der Waals surface area contributed by atoms with Crippen LogP contribution in [0.4, 0.5) is 0 Å². The number of cyclic esters (lactones) is 1. The number of phenolic OH excluding ortho intramolecular Hbond substituents is 1. The molecule has 4 amide bonds. The molecule has 15 nitrogen and oxygen atoms in total. The zero-order chi connectivity index (χ0) is 47.5. The second-order valence-corrected chi connectivity index (χ2v) is 21.0. The summed E-state index contributed by atoms with van der Waals surface area (Å²) in [4.78, 5) is 79.1. The van der Waals surface area contributed by atoms with E-state index < -0.39 is 46.7 Å². The Morgan fingerprint density at radius 3 is 2.51 bits per heavy atom. The van der Waals surface area contributed by atoms with Gasteiger partial charge in [-0.3, -0.25) is 34.0 Å². The number of aromatic hydroxyl groups is 1. The summed E-state index contributed by atoms with van der Waals surface area (Å²) in [6.45, 7) is 17.4. The Bertz CT molecular complexity index is 2620. The molecule has 7 heterocycles. The Hall–Kier alpha value is -5.80. The Kier molecular flexibility index (Phi) is 12.5. The summed E-state index contributed by atoms with van der Waals surface area (Å²) in [5.74, 6) is -1.61. The Balaban J connectivity index is 1.09. The average molecular weight is 915 g/mol. The number of esters is 1. The normalized spacial score (nSPS) is 24.7. The molecule has 5 atom stereocenters. The first-order chi connectivity index (χ1) is 32.0. The van der Waals surface area contributed by atoms with Gasteiger partial charge in [-0.1, -0.05) is 53.7 Å². The number of aryl methyl sites for hydroxylation is 1. The maximum absolute atomic E-state index is 14.8. The lowest BCUT2D eigenvalue weighted by molar-refractivity contribution is -0.155. The number of fused-ring (bicyclic) bond motifs is 6. The van der Waals surface area contributed by atoms with Gasteiger partial charge in [-0.25, -0.2) is 5.43 Å². The lowest BCUT2D eigenvalue weighted by Crippen LogP contribution is -2.62. The van der Waals surface area contributed by atoms with Gasteiger partial charge in [-0.05, 0) is 110 Å². The number of phenols is 1. The molecule has 6 bridgehead atoms. The van der Waals surface area contributed by atoms with Crippen molar-refractivity contribution in [2.24, 2.45) is 16.7 Å². The summed E-state index contributed by atoms with van der Waals surface area (Å²) in [7, 11) is 0. The van der Waals surface area contributed by atoms with E-state index in [0.29, 0.717) is 76.9 Å². The number of rotatable bonds is 8. The number of nitrogens with one attached hydrogen (secondary N) is 3. The standard InChI is InChI=1S/C52H66N8O7/c1-8-58-42-14-13-33-25-37(42)38(45(58)36-11-9-17-53-43(36)30(2)3)26-51(6,7)29-67-49(65)39-12-10-18-60(56-39)48(64)40(23-32-21-34(33)24-35(61)22-32)55-46(62)44(31(4)5)59-20-16-52(50(59)66)15-19-57(28-52)47(63)41-27-54-41/h9,11,13-14,17,21-22,24-25,30-31,39-41,44,54,56,61H,8,10,12,15-16,18-20,23,26-29H2,1-7H3,(H,55,62)/t39-,40-,41+,44-,52+/m0/s1. The maximum atomic E-state index is 14.8. The number of hydrazine groups is 1. The highest BCUT2D eigenvalue weighted by molar-refractivity contribution is 5.97. The van der Waals surface area contributed by atoms with Crippen molar-refractivity contribution in [2.45, 2.75) is 124 Å². The molecule has 4 N–H and O–H groups in total. The van der Waals surface area contributed by atoms with Crippen molar-refractivity contribution in [3.63, 3.8) is 0 Å². The summed E-state index contributed by atoms with van der Waals surface area (Å²) in [5, 5.41) is 20.0. The number of nitrogens with zero attached hydrogens (tertiary/aromatic N) is 5. The van der Waals surface area contributed by atoms with Crippen LogP contribution >= 0.6 is 0 Å². The Labute approximate surface area is 392 Å². The molecule has 0 saturated carbocycles. The first kappa shape index (κ1) is 46.3. The van der Waals surface area contributed by atoms with Crippen LogP contribution in [0.15, 0.2) is 54.7 Å². The fraction of sp³-hybridized carbons (Fsp3) is 0.538. The fourth-order valence-electron chi connectivity index (χ4n) is 11.2. The lowest BCUT2D eigenvalue weighted by Gasteiger charge is -2.37. The number of likely N-dealkylation sites (tertiary alicyclic amines) is 2. The molecule has 5 aliphatic heterocycles. The van der Waals surface area contributed by atoms with Gasteiger partial charge in [-0.2, -0.15) is 0 Å². The molecule has 0 radical (unpaired) electrons. The van der Waals surface area contributed by atoms with E-state index in [1.807, 2.05) is 32.2 Å². The van der Waals surface area contributed by atoms with E-state index in [0.717, 1.165) is 44.5 Å².